The first-order valence-corrected chi connectivity index (χ1v) is 10.5. The van der Waals surface area contributed by atoms with Crippen molar-refractivity contribution in [3.63, 3.8) is 0 Å². The van der Waals surface area contributed by atoms with Crippen LogP contribution in [0, 0.1) is 0 Å². The maximum absolute atomic E-state index is 12.7. The Morgan fingerprint density at radius 1 is 1.03 bits per heavy atom. The lowest BCUT2D eigenvalue weighted by Crippen LogP contribution is -2.19. The normalized spacial score (nSPS) is 11.6. The van der Waals surface area contributed by atoms with Crippen molar-refractivity contribution < 1.29 is 23.8 Å². The third kappa shape index (κ3) is 4.95. The van der Waals surface area contributed by atoms with E-state index < -0.39 is 0 Å². The summed E-state index contributed by atoms with van der Waals surface area (Å²) >= 11 is 1.35. The van der Waals surface area contributed by atoms with Crippen LogP contribution >= 0.6 is 11.3 Å². The first kappa shape index (κ1) is 21.7. The highest BCUT2D eigenvalue weighted by Gasteiger charge is 2.13. The molecule has 30 heavy (non-hydrogen) atoms. The summed E-state index contributed by atoms with van der Waals surface area (Å²) in [4.78, 5) is 29.7. The minimum absolute atomic E-state index is 0.312. The number of carbonyl (C=O) groups excluding carboxylic acids is 2. The number of hydrogen-bond acceptors (Lipinski definition) is 6. The molecule has 0 aliphatic rings. The first-order valence-electron chi connectivity index (χ1n) is 9.68. The number of thiazole rings is 1. The molecule has 0 aliphatic heterocycles. The minimum Gasteiger partial charge on any atom is -0.494 e. The highest BCUT2D eigenvalue weighted by atomic mass is 32.1. The molecule has 0 saturated heterocycles. The standard InChI is InChI=1S/C22H24N2O5S/c1-4-28-17-9-6-15(7-10-17)20(25)23-22-24(12-13-27-3)18-11-8-16(14-19(18)30-22)21(26)29-5-2/h6-11,14H,4-5,12-13H2,1-3H3. The van der Waals surface area contributed by atoms with Crippen LogP contribution in [0.2, 0.25) is 0 Å². The molecule has 7 nitrogen and oxygen atoms in total. The van der Waals surface area contributed by atoms with E-state index in [1.54, 1.807) is 50.4 Å². The summed E-state index contributed by atoms with van der Waals surface area (Å²) in [6.45, 7) is 5.55. The van der Waals surface area contributed by atoms with Gasteiger partial charge in [0.1, 0.15) is 5.75 Å². The predicted molar refractivity (Wildman–Crippen MR) is 115 cm³/mol. The van der Waals surface area contributed by atoms with Crippen LogP contribution in [0.4, 0.5) is 0 Å². The molecule has 1 heterocycles. The lowest BCUT2D eigenvalue weighted by atomic mass is 10.2. The minimum atomic E-state index is -0.375. The number of nitrogens with zero attached hydrogens (tertiary/aromatic N) is 2. The van der Waals surface area contributed by atoms with Crippen LogP contribution in [0.3, 0.4) is 0 Å². The summed E-state index contributed by atoms with van der Waals surface area (Å²) in [7, 11) is 1.62. The molecule has 0 N–H and O–H groups in total. The van der Waals surface area contributed by atoms with E-state index >= 15 is 0 Å². The Morgan fingerprint density at radius 3 is 2.43 bits per heavy atom. The van der Waals surface area contributed by atoms with Gasteiger partial charge in [-0.05, 0) is 56.3 Å². The van der Waals surface area contributed by atoms with E-state index in [0.717, 1.165) is 10.2 Å². The Kier molecular flexibility index (Phi) is 7.37. The average Bonchev–Trinajstić information content (AvgIpc) is 3.09. The molecule has 1 amide bonds. The largest absolute Gasteiger partial charge is 0.494 e. The number of methoxy groups -OCH3 is 1. The average molecular weight is 429 g/mol. The van der Waals surface area contributed by atoms with E-state index in [9.17, 15) is 9.59 Å². The molecule has 3 rings (SSSR count). The van der Waals surface area contributed by atoms with Crippen LogP contribution in [-0.4, -0.2) is 43.4 Å². The summed E-state index contributed by atoms with van der Waals surface area (Å²) in [5.41, 5.74) is 1.82. The van der Waals surface area contributed by atoms with Crippen LogP contribution in [0.15, 0.2) is 47.5 Å². The smallest absolute Gasteiger partial charge is 0.338 e. The number of esters is 1. The number of benzene rings is 2. The van der Waals surface area contributed by atoms with Crippen molar-refractivity contribution in [3.8, 4) is 5.75 Å². The van der Waals surface area contributed by atoms with Crippen LogP contribution in [0.5, 0.6) is 5.75 Å². The third-order valence-corrected chi connectivity index (χ3v) is 5.36. The van der Waals surface area contributed by atoms with Gasteiger partial charge in [-0.2, -0.15) is 4.99 Å². The highest BCUT2D eigenvalue weighted by molar-refractivity contribution is 7.16. The molecule has 2 aromatic carbocycles. The van der Waals surface area contributed by atoms with Gasteiger partial charge in [0.15, 0.2) is 4.80 Å². The van der Waals surface area contributed by atoms with Gasteiger partial charge < -0.3 is 18.8 Å². The zero-order chi connectivity index (χ0) is 21.5. The fourth-order valence-corrected chi connectivity index (χ4v) is 4.00. The van der Waals surface area contributed by atoms with Crippen molar-refractivity contribution in [2.24, 2.45) is 4.99 Å². The van der Waals surface area contributed by atoms with Crippen LogP contribution in [0.25, 0.3) is 10.2 Å². The molecule has 0 bridgehead atoms. The maximum atomic E-state index is 12.7. The fourth-order valence-electron chi connectivity index (χ4n) is 2.91. The molecule has 0 fully saturated rings. The summed E-state index contributed by atoms with van der Waals surface area (Å²) < 4.78 is 18.5. The number of hydrogen-bond donors (Lipinski definition) is 0. The molecular formula is C22H24N2O5S. The van der Waals surface area contributed by atoms with Gasteiger partial charge in [-0.1, -0.05) is 11.3 Å². The summed E-state index contributed by atoms with van der Waals surface area (Å²) in [6.07, 6.45) is 0. The summed E-state index contributed by atoms with van der Waals surface area (Å²) in [5.74, 6) is -0.0147. The first-order chi connectivity index (χ1) is 14.6. The lowest BCUT2D eigenvalue weighted by molar-refractivity contribution is 0.0526. The second kappa shape index (κ2) is 10.2. The Morgan fingerprint density at radius 2 is 1.77 bits per heavy atom. The van der Waals surface area contributed by atoms with E-state index in [1.807, 2.05) is 17.6 Å². The number of amides is 1. The van der Waals surface area contributed by atoms with E-state index in [-0.39, 0.29) is 11.9 Å². The van der Waals surface area contributed by atoms with Gasteiger partial charge in [-0.25, -0.2) is 4.79 Å². The molecule has 8 heteroatoms. The molecular weight excluding hydrogens is 404 g/mol. The van der Waals surface area contributed by atoms with Crippen molar-refractivity contribution in [1.29, 1.82) is 0 Å². The van der Waals surface area contributed by atoms with E-state index in [2.05, 4.69) is 4.99 Å². The molecule has 0 unspecified atom stereocenters. The van der Waals surface area contributed by atoms with Gasteiger partial charge in [-0.3, -0.25) is 4.79 Å². The van der Waals surface area contributed by atoms with E-state index in [4.69, 9.17) is 14.2 Å². The van der Waals surface area contributed by atoms with Crippen LogP contribution in [-0.2, 0) is 16.0 Å². The van der Waals surface area contributed by atoms with Crippen molar-refractivity contribution in [2.75, 3.05) is 26.9 Å². The molecule has 0 atom stereocenters. The number of aromatic nitrogens is 1. The monoisotopic (exact) mass is 428 g/mol. The second-order valence-corrected chi connectivity index (χ2v) is 7.32. The molecule has 1 aromatic heterocycles. The quantitative estimate of drug-likeness (QED) is 0.512. The van der Waals surface area contributed by atoms with Crippen LogP contribution < -0.4 is 9.54 Å². The molecule has 3 aromatic rings. The third-order valence-electron chi connectivity index (χ3n) is 4.32. The lowest BCUT2D eigenvalue weighted by Gasteiger charge is -2.05. The van der Waals surface area contributed by atoms with Gasteiger partial charge >= 0.3 is 5.97 Å². The molecule has 0 aliphatic carbocycles. The highest BCUT2D eigenvalue weighted by Crippen LogP contribution is 2.20. The van der Waals surface area contributed by atoms with Crippen LogP contribution in [0.1, 0.15) is 34.6 Å². The maximum Gasteiger partial charge on any atom is 0.338 e. The number of fused-ring (bicyclic) bond motifs is 1. The molecule has 158 valence electrons. The SMILES string of the molecule is CCOC(=O)c1ccc2c(c1)sc(=NC(=O)c1ccc(OCC)cc1)n2CCOC. The van der Waals surface area contributed by atoms with Crippen molar-refractivity contribution in [3.05, 3.63) is 58.4 Å². The Balaban J connectivity index is 2.01. The fraction of sp³-hybridized carbons (Fsp3) is 0.318. The van der Waals surface area contributed by atoms with Gasteiger partial charge in [0, 0.05) is 19.2 Å². The van der Waals surface area contributed by atoms with Gasteiger partial charge in [-0.15, -0.1) is 0 Å². The Hall–Kier alpha value is -2.97. The number of ether oxygens (including phenoxy) is 3. The number of carbonyl (C=O) groups is 2. The summed E-state index contributed by atoms with van der Waals surface area (Å²) in [6, 6.07) is 12.2. The van der Waals surface area contributed by atoms with E-state index in [1.165, 1.54) is 11.3 Å². The predicted octanol–water partition coefficient (Wildman–Crippen LogP) is 3.67. The topological polar surface area (TPSA) is 79.1 Å². The zero-order valence-corrected chi connectivity index (χ0v) is 18.0. The zero-order valence-electron chi connectivity index (χ0n) is 17.2. The van der Waals surface area contributed by atoms with Gasteiger partial charge in [0.25, 0.3) is 5.91 Å². The number of rotatable bonds is 8. The van der Waals surface area contributed by atoms with Crippen molar-refractivity contribution in [1.82, 2.24) is 4.57 Å². The van der Waals surface area contributed by atoms with Gasteiger partial charge in [0.2, 0.25) is 0 Å². The van der Waals surface area contributed by atoms with Gasteiger partial charge in [0.05, 0.1) is 35.6 Å². The summed E-state index contributed by atoms with van der Waals surface area (Å²) in [5, 5.41) is 0. The van der Waals surface area contributed by atoms with Crippen molar-refractivity contribution >= 4 is 33.4 Å². The van der Waals surface area contributed by atoms with E-state index in [0.29, 0.717) is 48.0 Å². The Bertz CT molecular complexity index is 1100. The molecule has 0 spiro atoms. The second-order valence-electron chi connectivity index (χ2n) is 6.31. The molecule has 0 radical (unpaired) electrons. The molecule has 0 saturated carbocycles. The Labute approximate surface area is 178 Å². The van der Waals surface area contributed by atoms with Crippen molar-refractivity contribution in [2.45, 2.75) is 20.4 Å².